The number of anilines is 1. The zero-order valence-corrected chi connectivity index (χ0v) is 12.1. The molecule has 0 radical (unpaired) electrons. The smallest absolute Gasteiger partial charge is 0.146 e. The maximum atomic E-state index is 13.9. The highest BCUT2D eigenvalue weighted by Crippen LogP contribution is 2.24. The van der Waals surface area contributed by atoms with E-state index in [1.54, 1.807) is 18.5 Å². The van der Waals surface area contributed by atoms with Crippen molar-refractivity contribution in [2.75, 3.05) is 18.0 Å². The molecule has 0 amide bonds. The molecule has 4 heteroatoms. The van der Waals surface area contributed by atoms with Crippen molar-refractivity contribution < 1.29 is 4.39 Å². The average molecular weight is 285 g/mol. The minimum atomic E-state index is -0.116. The summed E-state index contributed by atoms with van der Waals surface area (Å²) in [5, 5.41) is 3.39. The first kappa shape index (κ1) is 14.0. The molecule has 21 heavy (non-hydrogen) atoms. The minimum Gasteiger partial charge on any atom is -0.369 e. The summed E-state index contributed by atoms with van der Waals surface area (Å²) in [5.41, 5.74) is 3.06. The first-order chi connectivity index (χ1) is 10.3. The van der Waals surface area contributed by atoms with Gasteiger partial charge in [0.25, 0.3) is 0 Å². The van der Waals surface area contributed by atoms with Gasteiger partial charge in [-0.1, -0.05) is 6.07 Å². The molecule has 0 unspecified atom stereocenters. The lowest BCUT2D eigenvalue weighted by atomic mass is 10.1. The van der Waals surface area contributed by atoms with Gasteiger partial charge >= 0.3 is 0 Å². The average Bonchev–Trinajstić information content (AvgIpc) is 3.04. The van der Waals surface area contributed by atoms with Crippen LogP contribution in [0.3, 0.4) is 0 Å². The van der Waals surface area contributed by atoms with Gasteiger partial charge in [0.15, 0.2) is 0 Å². The number of nitrogens with one attached hydrogen (secondary N) is 1. The van der Waals surface area contributed by atoms with Gasteiger partial charge in [-0.05, 0) is 48.2 Å². The first-order valence-corrected chi connectivity index (χ1v) is 7.46. The molecule has 1 saturated heterocycles. The Hall–Kier alpha value is -1.94. The Labute approximate surface area is 124 Å². The van der Waals surface area contributed by atoms with Crippen LogP contribution in [0.4, 0.5) is 10.1 Å². The van der Waals surface area contributed by atoms with Crippen molar-refractivity contribution in [2.24, 2.45) is 0 Å². The molecule has 0 bridgehead atoms. The summed E-state index contributed by atoms with van der Waals surface area (Å²) in [7, 11) is 0. The minimum absolute atomic E-state index is 0.116. The standard InChI is InChI=1S/C17H20FN3/c18-16-4-3-15(11-17(16)21-9-1-2-10-21)13-20-12-14-5-7-19-8-6-14/h3-8,11,20H,1-2,9-10,12-13H2. The van der Waals surface area contributed by atoms with Crippen LogP contribution in [0.5, 0.6) is 0 Å². The monoisotopic (exact) mass is 285 g/mol. The van der Waals surface area contributed by atoms with Crippen LogP contribution in [0.25, 0.3) is 0 Å². The van der Waals surface area contributed by atoms with Crippen molar-refractivity contribution in [1.82, 2.24) is 10.3 Å². The van der Waals surface area contributed by atoms with E-state index in [0.29, 0.717) is 0 Å². The van der Waals surface area contributed by atoms with Gasteiger partial charge < -0.3 is 10.2 Å². The van der Waals surface area contributed by atoms with Crippen LogP contribution in [0.15, 0.2) is 42.7 Å². The van der Waals surface area contributed by atoms with E-state index in [0.717, 1.165) is 50.3 Å². The molecule has 0 aliphatic carbocycles. The highest BCUT2D eigenvalue weighted by molar-refractivity contribution is 5.50. The maximum Gasteiger partial charge on any atom is 0.146 e. The quantitative estimate of drug-likeness (QED) is 0.915. The van der Waals surface area contributed by atoms with Gasteiger partial charge in [-0.2, -0.15) is 0 Å². The van der Waals surface area contributed by atoms with E-state index < -0.39 is 0 Å². The summed E-state index contributed by atoms with van der Waals surface area (Å²) in [5.74, 6) is -0.116. The lowest BCUT2D eigenvalue weighted by Crippen LogP contribution is -2.20. The van der Waals surface area contributed by atoms with Gasteiger partial charge in [-0.3, -0.25) is 4.98 Å². The van der Waals surface area contributed by atoms with Crippen LogP contribution in [-0.2, 0) is 13.1 Å². The summed E-state index contributed by atoms with van der Waals surface area (Å²) in [6.45, 7) is 3.46. The largest absolute Gasteiger partial charge is 0.369 e. The second-order valence-electron chi connectivity index (χ2n) is 5.44. The Bertz CT molecular complexity index is 580. The number of halogens is 1. The van der Waals surface area contributed by atoms with Gasteiger partial charge in [0, 0.05) is 38.6 Å². The predicted molar refractivity (Wildman–Crippen MR) is 82.6 cm³/mol. The molecule has 1 aromatic carbocycles. The fourth-order valence-corrected chi connectivity index (χ4v) is 2.72. The number of rotatable bonds is 5. The van der Waals surface area contributed by atoms with Crippen molar-refractivity contribution in [1.29, 1.82) is 0 Å². The second kappa shape index (κ2) is 6.68. The summed E-state index contributed by atoms with van der Waals surface area (Å²) in [4.78, 5) is 6.14. The van der Waals surface area contributed by atoms with Gasteiger partial charge in [0.1, 0.15) is 5.82 Å². The number of hydrogen-bond acceptors (Lipinski definition) is 3. The van der Waals surface area contributed by atoms with Gasteiger partial charge in [-0.25, -0.2) is 4.39 Å². The second-order valence-corrected chi connectivity index (χ2v) is 5.44. The third-order valence-electron chi connectivity index (χ3n) is 3.86. The van der Waals surface area contributed by atoms with E-state index in [-0.39, 0.29) is 5.82 Å². The summed E-state index contributed by atoms with van der Waals surface area (Å²) in [6.07, 6.45) is 5.90. The summed E-state index contributed by atoms with van der Waals surface area (Å²) in [6, 6.07) is 9.40. The molecule has 0 spiro atoms. The van der Waals surface area contributed by atoms with Gasteiger partial charge in [-0.15, -0.1) is 0 Å². The van der Waals surface area contributed by atoms with Crippen molar-refractivity contribution in [2.45, 2.75) is 25.9 Å². The molecule has 1 aromatic heterocycles. The SMILES string of the molecule is Fc1ccc(CNCc2ccncc2)cc1N1CCCC1. The van der Waals surface area contributed by atoms with Crippen LogP contribution in [-0.4, -0.2) is 18.1 Å². The Morgan fingerprint density at radius 2 is 1.71 bits per heavy atom. The van der Waals surface area contributed by atoms with Crippen LogP contribution in [0, 0.1) is 5.82 Å². The van der Waals surface area contributed by atoms with Gasteiger partial charge in [0.2, 0.25) is 0 Å². The van der Waals surface area contributed by atoms with Crippen LogP contribution in [0.2, 0.25) is 0 Å². The number of hydrogen-bond donors (Lipinski definition) is 1. The molecule has 2 aromatic rings. The Kier molecular flexibility index (Phi) is 4.46. The Balaban J connectivity index is 1.61. The van der Waals surface area contributed by atoms with Crippen molar-refractivity contribution in [3.8, 4) is 0 Å². The number of benzene rings is 1. The lowest BCUT2D eigenvalue weighted by molar-refractivity contribution is 0.620. The lowest BCUT2D eigenvalue weighted by Gasteiger charge is -2.19. The molecule has 0 atom stereocenters. The van der Waals surface area contributed by atoms with Crippen molar-refractivity contribution in [3.63, 3.8) is 0 Å². The van der Waals surface area contributed by atoms with Crippen LogP contribution < -0.4 is 10.2 Å². The van der Waals surface area contributed by atoms with Crippen LogP contribution >= 0.6 is 0 Å². The summed E-state index contributed by atoms with van der Waals surface area (Å²) >= 11 is 0. The normalized spacial score (nSPS) is 14.6. The number of aromatic nitrogens is 1. The molecular formula is C17H20FN3. The fourth-order valence-electron chi connectivity index (χ4n) is 2.72. The number of pyridine rings is 1. The molecule has 3 nitrogen and oxygen atoms in total. The highest BCUT2D eigenvalue weighted by Gasteiger charge is 2.16. The van der Waals surface area contributed by atoms with E-state index in [1.807, 2.05) is 24.3 Å². The fraction of sp³-hybridized carbons (Fsp3) is 0.353. The zero-order valence-electron chi connectivity index (χ0n) is 12.1. The molecule has 1 aliphatic rings. The van der Waals surface area contributed by atoms with E-state index >= 15 is 0 Å². The van der Waals surface area contributed by atoms with Crippen molar-refractivity contribution >= 4 is 5.69 Å². The predicted octanol–water partition coefficient (Wildman–Crippen LogP) is 3.11. The van der Waals surface area contributed by atoms with E-state index in [4.69, 9.17) is 0 Å². The molecule has 0 saturated carbocycles. The van der Waals surface area contributed by atoms with E-state index in [2.05, 4.69) is 15.2 Å². The topological polar surface area (TPSA) is 28.2 Å². The van der Waals surface area contributed by atoms with E-state index in [1.165, 1.54) is 5.56 Å². The Morgan fingerprint density at radius 1 is 1.00 bits per heavy atom. The molecular weight excluding hydrogens is 265 g/mol. The molecule has 3 rings (SSSR count). The summed E-state index contributed by atoms with van der Waals surface area (Å²) < 4.78 is 13.9. The van der Waals surface area contributed by atoms with E-state index in [9.17, 15) is 4.39 Å². The Morgan fingerprint density at radius 3 is 2.48 bits per heavy atom. The molecule has 1 fully saturated rings. The maximum absolute atomic E-state index is 13.9. The van der Waals surface area contributed by atoms with Gasteiger partial charge in [0.05, 0.1) is 5.69 Å². The molecule has 1 N–H and O–H groups in total. The first-order valence-electron chi connectivity index (χ1n) is 7.46. The third-order valence-corrected chi connectivity index (χ3v) is 3.86. The van der Waals surface area contributed by atoms with Crippen LogP contribution in [0.1, 0.15) is 24.0 Å². The highest BCUT2D eigenvalue weighted by atomic mass is 19.1. The molecule has 2 heterocycles. The molecule has 1 aliphatic heterocycles. The third kappa shape index (κ3) is 3.58. The number of nitrogens with zero attached hydrogens (tertiary/aromatic N) is 2. The zero-order chi connectivity index (χ0) is 14.5. The van der Waals surface area contributed by atoms with Crippen molar-refractivity contribution in [3.05, 3.63) is 59.7 Å². The molecule has 110 valence electrons.